The summed E-state index contributed by atoms with van der Waals surface area (Å²) in [6.45, 7) is 5.93. The Morgan fingerprint density at radius 1 is 1.30 bits per heavy atom. The summed E-state index contributed by atoms with van der Waals surface area (Å²) in [6.07, 6.45) is 6.45. The number of piperidine rings is 1. The van der Waals surface area contributed by atoms with Crippen molar-refractivity contribution in [3.8, 4) is 0 Å². The molecule has 5 rings (SSSR count). The number of aromatic amines is 1. The van der Waals surface area contributed by atoms with Crippen molar-refractivity contribution in [1.29, 1.82) is 0 Å². The van der Waals surface area contributed by atoms with Gasteiger partial charge in [-0.25, -0.2) is 9.40 Å². The Balaban J connectivity index is 1.34. The van der Waals surface area contributed by atoms with Gasteiger partial charge in [-0.05, 0) is 56.0 Å². The van der Waals surface area contributed by atoms with Crippen LogP contribution in [0.4, 0.5) is 4.39 Å². The highest BCUT2D eigenvalue weighted by Gasteiger charge is 2.37. The van der Waals surface area contributed by atoms with E-state index in [1.54, 1.807) is 19.2 Å². The van der Waals surface area contributed by atoms with Gasteiger partial charge in [-0.15, -0.1) is 0 Å². The third kappa shape index (κ3) is 5.36. The molecule has 2 aromatic carbocycles. The molecule has 1 aromatic heterocycles. The number of amides is 1. The largest absolute Gasteiger partial charge is 0.384 e. The average molecular weight is 504 g/mol. The third-order valence-electron chi connectivity index (χ3n) is 7.57. The number of fused-ring (bicyclic) bond motifs is 1. The fourth-order valence-electron chi connectivity index (χ4n) is 5.73. The molecule has 2 N–H and O–H groups in total. The lowest BCUT2D eigenvalue weighted by atomic mass is 9.76. The second kappa shape index (κ2) is 10.6. The summed E-state index contributed by atoms with van der Waals surface area (Å²) in [5.41, 5.74) is 6.86. The van der Waals surface area contributed by atoms with Crippen molar-refractivity contribution in [2.24, 2.45) is 16.3 Å². The zero-order chi connectivity index (χ0) is 26.0. The molecule has 0 radical (unpaired) electrons. The highest BCUT2D eigenvalue weighted by molar-refractivity contribution is 5.98. The number of rotatable bonds is 7. The number of carbonyl (C=O) groups excluding carboxylic acids is 1. The second-order valence-corrected chi connectivity index (χ2v) is 10.5. The van der Waals surface area contributed by atoms with Crippen molar-refractivity contribution < 1.29 is 13.9 Å². The number of nitrogens with one attached hydrogen (secondary N) is 2. The molecule has 8 heteroatoms. The van der Waals surface area contributed by atoms with E-state index in [1.807, 2.05) is 42.4 Å². The predicted molar refractivity (Wildman–Crippen MR) is 143 cm³/mol. The number of methoxy groups -OCH3 is 1. The van der Waals surface area contributed by atoms with Crippen LogP contribution in [0.5, 0.6) is 0 Å². The number of hydrogen-bond acceptors (Lipinski definition) is 5. The van der Waals surface area contributed by atoms with Gasteiger partial charge in [-0.1, -0.05) is 31.2 Å². The van der Waals surface area contributed by atoms with E-state index in [2.05, 4.69) is 33.6 Å². The maximum Gasteiger partial charge on any atom is 0.265 e. The summed E-state index contributed by atoms with van der Waals surface area (Å²) in [5.74, 6) is -0.0254. The highest BCUT2D eigenvalue weighted by atomic mass is 19.1. The fourth-order valence-corrected chi connectivity index (χ4v) is 5.73. The van der Waals surface area contributed by atoms with Crippen LogP contribution in [-0.4, -0.2) is 54.1 Å². The van der Waals surface area contributed by atoms with Crippen LogP contribution < -0.4 is 5.43 Å². The number of nitrogens with zero attached hydrogens (tertiary/aromatic N) is 3. The van der Waals surface area contributed by atoms with E-state index in [1.165, 1.54) is 6.07 Å². The van der Waals surface area contributed by atoms with Crippen LogP contribution in [0.2, 0.25) is 0 Å². The lowest BCUT2D eigenvalue weighted by Crippen LogP contribution is -2.53. The van der Waals surface area contributed by atoms with E-state index in [9.17, 15) is 9.18 Å². The predicted octanol–water partition coefficient (Wildman–Crippen LogP) is 5.03. The Labute approximate surface area is 216 Å². The molecule has 0 bridgehead atoms. The summed E-state index contributed by atoms with van der Waals surface area (Å²) < 4.78 is 20.0. The third-order valence-corrected chi connectivity index (χ3v) is 7.57. The normalized spacial score (nSPS) is 24.3. The number of hydrazine groups is 1. The number of aliphatic imine (C=N–C) groups is 1. The average Bonchev–Trinajstić information content (AvgIpc) is 3.30. The smallest absolute Gasteiger partial charge is 0.265 e. The minimum absolute atomic E-state index is 0.121. The van der Waals surface area contributed by atoms with Gasteiger partial charge in [0.05, 0.1) is 17.8 Å². The molecule has 1 saturated heterocycles. The maximum absolute atomic E-state index is 14.5. The van der Waals surface area contributed by atoms with Gasteiger partial charge in [0, 0.05) is 60.3 Å². The highest BCUT2D eigenvalue weighted by Crippen LogP contribution is 2.35. The lowest BCUT2D eigenvalue weighted by molar-refractivity contribution is -0.00620. The van der Waals surface area contributed by atoms with Gasteiger partial charge < -0.3 is 4.74 Å². The number of hydrogen-bond donors (Lipinski definition) is 2. The molecule has 3 aromatic rings. The molecule has 3 unspecified atom stereocenters. The van der Waals surface area contributed by atoms with Crippen LogP contribution in [0.1, 0.15) is 54.2 Å². The first-order chi connectivity index (χ1) is 17.9. The standard InChI is InChI=1S/C29H34FN5O2/c1-19-16-31-20(2)13-23(19)27-24-14-21(9-10-26(24)32-33-27)28(36)34-35-12-6-11-29(17-35,18-37-3)15-22-7-4-5-8-25(22)30/h4-5,7-10,13-14,16,19,23H,6,11-12,15,17-18H2,1-3H3,(H,32,33)(H,34,36). The molecule has 1 amide bonds. The summed E-state index contributed by atoms with van der Waals surface area (Å²) in [4.78, 5) is 17.8. The van der Waals surface area contributed by atoms with Crippen LogP contribution in [0.25, 0.3) is 10.9 Å². The molecule has 3 atom stereocenters. The zero-order valence-corrected chi connectivity index (χ0v) is 21.6. The molecule has 2 aliphatic rings. The quantitative estimate of drug-likeness (QED) is 0.474. The van der Waals surface area contributed by atoms with Crippen molar-refractivity contribution in [2.45, 2.75) is 39.0 Å². The number of carbonyl (C=O) groups is 1. The van der Waals surface area contributed by atoms with Gasteiger partial charge >= 0.3 is 0 Å². The van der Waals surface area contributed by atoms with Gasteiger partial charge in [0.15, 0.2) is 0 Å². The summed E-state index contributed by atoms with van der Waals surface area (Å²) in [6, 6.07) is 12.5. The molecule has 1 fully saturated rings. The van der Waals surface area contributed by atoms with Crippen LogP contribution in [0.15, 0.2) is 59.2 Å². The van der Waals surface area contributed by atoms with Crippen LogP contribution in [-0.2, 0) is 11.2 Å². The Bertz CT molecular complexity index is 1350. The number of allylic oxidation sites excluding steroid dienone is 2. The Morgan fingerprint density at radius 3 is 2.95 bits per heavy atom. The van der Waals surface area contributed by atoms with E-state index in [0.29, 0.717) is 30.7 Å². The number of benzene rings is 2. The molecular formula is C29H34FN5O2. The van der Waals surface area contributed by atoms with Crippen LogP contribution in [0.3, 0.4) is 0 Å². The SMILES string of the molecule is COCC1(Cc2ccccc2F)CCCN(NC(=O)c2ccc3n[nH]c(C4C=C(C)N=CC4C)c3c2)C1. The van der Waals surface area contributed by atoms with Crippen molar-refractivity contribution >= 4 is 23.0 Å². The molecule has 194 valence electrons. The van der Waals surface area contributed by atoms with Gasteiger partial charge in [0.2, 0.25) is 0 Å². The number of H-pyrrole nitrogens is 1. The molecular weight excluding hydrogens is 469 g/mol. The molecule has 0 spiro atoms. The van der Waals surface area contributed by atoms with Gasteiger partial charge in [-0.3, -0.25) is 20.3 Å². The van der Waals surface area contributed by atoms with E-state index in [4.69, 9.17) is 4.74 Å². The van der Waals surface area contributed by atoms with Crippen molar-refractivity contribution in [3.05, 3.63) is 76.9 Å². The minimum Gasteiger partial charge on any atom is -0.384 e. The van der Waals surface area contributed by atoms with E-state index in [0.717, 1.165) is 41.7 Å². The fraction of sp³-hybridized carbons (Fsp3) is 0.414. The Hall–Kier alpha value is -3.36. The molecule has 3 heterocycles. The molecule has 0 aliphatic carbocycles. The first-order valence-corrected chi connectivity index (χ1v) is 12.9. The lowest BCUT2D eigenvalue weighted by Gasteiger charge is -2.42. The van der Waals surface area contributed by atoms with E-state index < -0.39 is 0 Å². The monoisotopic (exact) mass is 503 g/mol. The summed E-state index contributed by atoms with van der Waals surface area (Å²) >= 11 is 0. The van der Waals surface area contributed by atoms with Gasteiger partial charge in [-0.2, -0.15) is 5.10 Å². The number of ether oxygens (including phenoxy) is 1. The van der Waals surface area contributed by atoms with Gasteiger partial charge in [0.25, 0.3) is 5.91 Å². The molecule has 0 saturated carbocycles. The molecule has 7 nitrogen and oxygen atoms in total. The van der Waals surface area contributed by atoms with Crippen LogP contribution in [0, 0.1) is 17.2 Å². The van der Waals surface area contributed by atoms with Crippen molar-refractivity contribution in [1.82, 2.24) is 20.6 Å². The van der Waals surface area contributed by atoms with Gasteiger partial charge in [0.1, 0.15) is 5.82 Å². The van der Waals surface area contributed by atoms with E-state index in [-0.39, 0.29) is 29.0 Å². The zero-order valence-electron chi connectivity index (χ0n) is 21.6. The topological polar surface area (TPSA) is 82.6 Å². The second-order valence-electron chi connectivity index (χ2n) is 10.5. The number of halogens is 1. The Kier molecular flexibility index (Phi) is 7.22. The maximum atomic E-state index is 14.5. The Morgan fingerprint density at radius 2 is 2.14 bits per heavy atom. The molecule has 37 heavy (non-hydrogen) atoms. The van der Waals surface area contributed by atoms with E-state index >= 15 is 0 Å². The number of aromatic nitrogens is 2. The van der Waals surface area contributed by atoms with Crippen molar-refractivity contribution in [2.75, 3.05) is 26.8 Å². The first-order valence-electron chi connectivity index (χ1n) is 12.9. The molecule has 2 aliphatic heterocycles. The first kappa shape index (κ1) is 25.3. The minimum atomic E-state index is -0.285. The summed E-state index contributed by atoms with van der Waals surface area (Å²) in [5, 5.41) is 10.6. The summed E-state index contributed by atoms with van der Waals surface area (Å²) in [7, 11) is 1.67. The van der Waals surface area contributed by atoms with Crippen LogP contribution >= 0.6 is 0 Å². The van der Waals surface area contributed by atoms with Crippen molar-refractivity contribution in [3.63, 3.8) is 0 Å².